The molecule has 45 heavy (non-hydrogen) atoms. The van der Waals surface area contributed by atoms with Crippen molar-refractivity contribution in [2.45, 2.75) is 96.8 Å². The van der Waals surface area contributed by atoms with Gasteiger partial charge in [0.05, 0.1) is 6.61 Å². The van der Waals surface area contributed by atoms with E-state index >= 15 is 0 Å². The second-order valence-corrected chi connectivity index (χ2v) is 12.6. The fraction of sp³-hybridized carbons (Fsp3) is 0.364. The minimum absolute atomic E-state index is 0.763. The first-order chi connectivity index (χ1) is 22.3. The molecule has 0 aliphatic carbocycles. The van der Waals surface area contributed by atoms with Crippen LogP contribution in [0.25, 0.3) is 49.9 Å². The zero-order valence-corrected chi connectivity index (χ0v) is 27.5. The van der Waals surface area contributed by atoms with Gasteiger partial charge in [-0.15, -0.1) is 0 Å². The van der Waals surface area contributed by atoms with Gasteiger partial charge in [0.1, 0.15) is 5.75 Å². The van der Waals surface area contributed by atoms with Gasteiger partial charge in [-0.1, -0.05) is 194 Å². The molecule has 0 N–H and O–H groups in total. The number of ether oxygens (including phenoxy) is 1. The highest BCUT2D eigenvalue weighted by atomic mass is 16.5. The van der Waals surface area contributed by atoms with E-state index in [0.717, 1.165) is 24.3 Å². The highest BCUT2D eigenvalue weighted by Gasteiger charge is 2.18. The van der Waals surface area contributed by atoms with Crippen LogP contribution < -0.4 is 4.74 Å². The number of rotatable bonds is 19. The van der Waals surface area contributed by atoms with Crippen LogP contribution in [0.2, 0.25) is 0 Å². The van der Waals surface area contributed by atoms with E-state index in [0.29, 0.717) is 0 Å². The lowest BCUT2D eigenvalue weighted by Crippen LogP contribution is -1.99. The van der Waals surface area contributed by atoms with E-state index in [2.05, 4.69) is 111 Å². The van der Waals surface area contributed by atoms with Crippen LogP contribution in [0.3, 0.4) is 0 Å². The van der Waals surface area contributed by atoms with Crippen LogP contribution in [0.4, 0.5) is 0 Å². The topological polar surface area (TPSA) is 9.23 Å². The largest absolute Gasteiger partial charge is 0.493 e. The Kier molecular flexibility index (Phi) is 12.7. The Bertz CT molecular complexity index is 1570. The molecule has 0 unspecified atom stereocenters. The zero-order chi connectivity index (χ0) is 31.1. The minimum Gasteiger partial charge on any atom is -0.493 e. The molecule has 234 valence electrons. The molecule has 0 fully saturated rings. The fourth-order valence-electron chi connectivity index (χ4n) is 6.79. The maximum Gasteiger partial charge on any atom is 0.127 e. The Morgan fingerprint density at radius 2 is 0.933 bits per heavy atom. The summed E-state index contributed by atoms with van der Waals surface area (Å²) in [6, 6.07) is 35.0. The van der Waals surface area contributed by atoms with E-state index in [1.54, 1.807) is 0 Å². The van der Waals surface area contributed by atoms with Crippen LogP contribution in [-0.2, 0) is 0 Å². The zero-order valence-electron chi connectivity index (χ0n) is 27.5. The fourth-order valence-corrected chi connectivity index (χ4v) is 6.79. The van der Waals surface area contributed by atoms with Gasteiger partial charge in [-0.05, 0) is 50.7 Å². The van der Waals surface area contributed by atoms with Crippen LogP contribution in [0.15, 0.2) is 104 Å². The Morgan fingerprint density at radius 3 is 1.44 bits per heavy atom. The summed E-state index contributed by atoms with van der Waals surface area (Å²) >= 11 is 0. The molecular weight excluding hydrogens is 544 g/mol. The highest BCUT2D eigenvalue weighted by molar-refractivity contribution is 6.21. The molecule has 0 saturated carbocycles. The van der Waals surface area contributed by atoms with Gasteiger partial charge >= 0.3 is 0 Å². The molecular formula is C44H52O. The Hall–Kier alpha value is -3.84. The number of benzene rings is 5. The molecule has 0 bridgehead atoms. The summed E-state index contributed by atoms with van der Waals surface area (Å²) in [7, 11) is 0. The van der Waals surface area contributed by atoms with Gasteiger partial charge in [0.15, 0.2) is 0 Å². The molecule has 0 saturated heterocycles. The summed E-state index contributed by atoms with van der Waals surface area (Å²) in [6.45, 7) is 6.99. The van der Waals surface area contributed by atoms with Crippen molar-refractivity contribution in [2.75, 3.05) is 6.61 Å². The lowest BCUT2D eigenvalue weighted by atomic mass is 9.85. The molecule has 0 amide bonds. The van der Waals surface area contributed by atoms with Crippen LogP contribution in [0, 0.1) is 0 Å². The van der Waals surface area contributed by atoms with Gasteiger partial charge in [0.2, 0.25) is 0 Å². The quantitative estimate of drug-likeness (QED) is 0.0680. The van der Waals surface area contributed by atoms with Crippen LogP contribution >= 0.6 is 0 Å². The minimum atomic E-state index is 0.763. The standard InChI is InChI=1S/C44H52O/c1-3-5-6-7-8-9-10-11-12-13-14-15-16-23-34-45-42-29-22-21-28-41(42)44-39-26-19-17-24-37(39)43(38-25-18-20-27-40(38)44)36-32-30-35(4-2)31-33-36/h4,17-22,24-33H,2-3,5-16,23,34H2,1H3. The number of fused-ring (bicyclic) bond motifs is 2. The molecule has 5 rings (SSSR count). The van der Waals surface area contributed by atoms with Crippen molar-refractivity contribution in [3.05, 3.63) is 109 Å². The molecule has 0 radical (unpaired) electrons. The van der Waals surface area contributed by atoms with Crippen molar-refractivity contribution in [1.82, 2.24) is 0 Å². The maximum atomic E-state index is 6.53. The van der Waals surface area contributed by atoms with E-state index in [-0.39, 0.29) is 0 Å². The molecule has 1 heteroatoms. The van der Waals surface area contributed by atoms with Crippen molar-refractivity contribution in [3.8, 4) is 28.0 Å². The van der Waals surface area contributed by atoms with E-state index in [4.69, 9.17) is 4.74 Å². The SMILES string of the molecule is C=Cc1ccc(-c2c3ccccc3c(-c3ccccc3OCCCCCCCCCCCCCCCC)c3ccccc23)cc1. The molecule has 0 aliphatic rings. The van der Waals surface area contributed by atoms with Crippen molar-refractivity contribution >= 4 is 27.6 Å². The third-order valence-electron chi connectivity index (χ3n) is 9.28. The van der Waals surface area contributed by atoms with Crippen molar-refractivity contribution < 1.29 is 4.74 Å². The summed E-state index contributed by atoms with van der Waals surface area (Å²) in [4.78, 5) is 0. The number of para-hydroxylation sites is 1. The second kappa shape index (κ2) is 17.6. The highest BCUT2D eigenvalue weighted by Crippen LogP contribution is 2.45. The smallest absolute Gasteiger partial charge is 0.127 e. The molecule has 0 heterocycles. The van der Waals surface area contributed by atoms with Crippen LogP contribution in [-0.4, -0.2) is 6.61 Å². The van der Waals surface area contributed by atoms with Gasteiger partial charge in [0.25, 0.3) is 0 Å². The molecule has 1 nitrogen and oxygen atoms in total. The third kappa shape index (κ3) is 8.66. The van der Waals surface area contributed by atoms with Crippen molar-refractivity contribution in [1.29, 1.82) is 0 Å². The number of hydrogen-bond acceptors (Lipinski definition) is 1. The lowest BCUT2D eigenvalue weighted by Gasteiger charge is -2.19. The van der Waals surface area contributed by atoms with Gasteiger partial charge in [-0.3, -0.25) is 0 Å². The van der Waals surface area contributed by atoms with E-state index in [9.17, 15) is 0 Å². The third-order valence-corrected chi connectivity index (χ3v) is 9.28. The summed E-state index contributed by atoms with van der Waals surface area (Å²) in [5.41, 5.74) is 6.06. The van der Waals surface area contributed by atoms with Crippen LogP contribution in [0.5, 0.6) is 5.75 Å². The molecule has 5 aromatic carbocycles. The molecule has 0 spiro atoms. The first kappa shape index (κ1) is 32.6. The van der Waals surface area contributed by atoms with E-state index in [1.165, 1.54) is 127 Å². The predicted molar refractivity (Wildman–Crippen MR) is 198 cm³/mol. The maximum absolute atomic E-state index is 6.53. The van der Waals surface area contributed by atoms with E-state index < -0.39 is 0 Å². The average molecular weight is 597 g/mol. The van der Waals surface area contributed by atoms with Gasteiger partial charge < -0.3 is 4.74 Å². The summed E-state index contributed by atoms with van der Waals surface area (Å²) in [5, 5.41) is 5.04. The van der Waals surface area contributed by atoms with Gasteiger partial charge in [-0.2, -0.15) is 0 Å². The van der Waals surface area contributed by atoms with Gasteiger partial charge in [-0.25, -0.2) is 0 Å². The molecule has 0 aromatic heterocycles. The van der Waals surface area contributed by atoms with Gasteiger partial charge in [0, 0.05) is 11.1 Å². The van der Waals surface area contributed by atoms with Crippen LogP contribution in [0.1, 0.15) is 102 Å². The Balaban J connectivity index is 1.23. The first-order valence-electron chi connectivity index (χ1n) is 17.7. The normalized spacial score (nSPS) is 11.3. The Morgan fingerprint density at radius 1 is 0.489 bits per heavy atom. The second-order valence-electron chi connectivity index (χ2n) is 12.6. The first-order valence-corrected chi connectivity index (χ1v) is 17.7. The predicted octanol–water partition coefficient (Wildman–Crippen LogP) is 13.8. The summed E-state index contributed by atoms with van der Waals surface area (Å²) in [5.74, 6) is 0.977. The summed E-state index contributed by atoms with van der Waals surface area (Å²) < 4.78 is 6.53. The average Bonchev–Trinajstić information content (AvgIpc) is 3.09. The molecule has 0 aliphatic heterocycles. The lowest BCUT2D eigenvalue weighted by molar-refractivity contribution is 0.305. The monoisotopic (exact) mass is 596 g/mol. The number of unbranched alkanes of at least 4 members (excludes halogenated alkanes) is 13. The Labute approximate surface area is 272 Å². The molecule has 5 aromatic rings. The summed E-state index contributed by atoms with van der Waals surface area (Å²) in [6.07, 6.45) is 21.0. The number of hydrogen-bond donors (Lipinski definition) is 0. The van der Waals surface area contributed by atoms with Crippen molar-refractivity contribution in [2.24, 2.45) is 0 Å². The van der Waals surface area contributed by atoms with Crippen molar-refractivity contribution in [3.63, 3.8) is 0 Å². The molecule has 0 atom stereocenters. The van der Waals surface area contributed by atoms with E-state index in [1.807, 2.05) is 6.08 Å².